The summed E-state index contributed by atoms with van der Waals surface area (Å²) in [5.41, 5.74) is 0. The fourth-order valence-electron chi connectivity index (χ4n) is 1.44. The first kappa shape index (κ1) is 9.92. The topological polar surface area (TPSA) is 35.9 Å². The van der Waals surface area contributed by atoms with Gasteiger partial charge in [0.25, 0.3) is 0 Å². The molecule has 4 nitrogen and oxygen atoms in total. The molecule has 1 unspecified atom stereocenters. The Bertz CT molecular complexity index is 132. The van der Waals surface area contributed by atoms with Crippen LogP contribution in [0.3, 0.4) is 0 Å². The summed E-state index contributed by atoms with van der Waals surface area (Å²) in [6.07, 6.45) is 0.189. The minimum Gasteiger partial charge on any atom is -0.395 e. The summed E-state index contributed by atoms with van der Waals surface area (Å²) in [7, 11) is 1.72. The predicted molar refractivity (Wildman–Crippen MR) is 46.7 cm³/mol. The third-order valence-corrected chi connectivity index (χ3v) is 2.36. The van der Waals surface area contributed by atoms with Crippen LogP contribution in [0.1, 0.15) is 6.92 Å². The summed E-state index contributed by atoms with van der Waals surface area (Å²) in [6, 6.07) is 0. The monoisotopic (exact) mass is 174 g/mol. The molecule has 0 aromatic carbocycles. The molecule has 12 heavy (non-hydrogen) atoms. The summed E-state index contributed by atoms with van der Waals surface area (Å²) >= 11 is 0. The predicted octanol–water partition coefficient (Wildman–Crippen LogP) is -0.454. The first-order chi connectivity index (χ1) is 5.77. The van der Waals surface area contributed by atoms with Gasteiger partial charge in [0.2, 0.25) is 0 Å². The smallest absolute Gasteiger partial charge is 0.108 e. The molecule has 0 aromatic heterocycles. The second-order valence-electron chi connectivity index (χ2n) is 3.13. The molecule has 1 fully saturated rings. The van der Waals surface area contributed by atoms with Gasteiger partial charge in [-0.25, -0.2) is 0 Å². The molecule has 1 saturated heterocycles. The Hall–Kier alpha value is -0.160. The number of hydrogen-bond acceptors (Lipinski definition) is 4. The van der Waals surface area contributed by atoms with Crippen molar-refractivity contribution < 1.29 is 9.84 Å². The van der Waals surface area contributed by atoms with E-state index in [1.54, 1.807) is 7.11 Å². The molecule has 1 heterocycles. The van der Waals surface area contributed by atoms with E-state index in [9.17, 15) is 0 Å². The molecular weight excluding hydrogens is 156 g/mol. The summed E-state index contributed by atoms with van der Waals surface area (Å²) in [5, 5.41) is 8.72. The normalized spacial score (nSPS) is 23.2. The van der Waals surface area contributed by atoms with Crippen molar-refractivity contribution in [2.45, 2.75) is 13.2 Å². The molecule has 1 rings (SSSR count). The zero-order valence-corrected chi connectivity index (χ0v) is 7.86. The van der Waals surface area contributed by atoms with E-state index < -0.39 is 0 Å². The highest BCUT2D eigenvalue weighted by atomic mass is 16.5. The number of hydrogen-bond donors (Lipinski definition) is 1. The molecule has 1 aliphatic rings. The van der Waals surface area contributed by atoms with Crippen molar-refractivity contribution in [1.29, 1.82) is 0 Å². The van der Waals surface area contributed by atoms with Crippen LogP contribution in [0.2, 0.25) is 0 Å². The lowest BCUT2D eigenvalue weighted by Gasteiger charge is -2.22. The van der Waals surface area contributed by atoms with Crippen molar-refractivity contribution in [2.75, 3.05) is 40.0 Å². The minimum absolute atomic E-state index is 0.189. The molecule has 0 aromatic rings. The van der Waals surface area contributed by atoms with E-state index in [-0.39, 0.29) is 12.8 Å². The Labute approximate surface area is 73.7 Å². The van der Waals surface area contributed by atoms with E-state index in [0.717, 1.165) is 26.3 Å². The first-order valence-corrected chi connectivity index (χ1v) is 4.38. The molecule has 0 aliphatic carbocycles. The lowest BCUT2D eigenvalue weighted by Crippen LogP contribution is -2.34. The van der Waals surface area contributed by atoms with Crippen molar-refractivity contribution in [3.8, 4) is 0 Å². The highest BCUT2D eigenvalue weighted by Gasteiger charge is 2.22. The summed E-state index contributed by atoms with van der Waals surface area (Å²) in [6.45, 7) is 6.05. The molecule has 0 saturated carbocycles. The van der Waals surface area contributed by atoms with Gasteiger partial charge >= 0.3 is 0 Å². The number of aliphatic hydroxyl groups is 1. The number of β-amino-alcohol motifs (C(OH)–C–C–N with tert-alkyl or cyclic N) is 1. The standard InChI is InChI=1S/C8H18N2O2/c1-8(12-2)10-4-3-9(7-10)5-6-11/h8,11H,3-7H2,1-2H3. The maximum atomic E-state index is 8.72. The zero-order valence-electron chi connectivity index (χ0n) is 7.86. The third-order valence-electron chi connectivity index (χ3n) is 2.36. The number of rotatable bonds is 4. The molecule has 1 aliphatic heterocycles. The van der Waals surface area contributed by atoms with Gasteiger partial charge in [-0.15, -0.1) is 0 Å². The van der Waals surface area contributed by atoms with Crippen LogP contribution in [0.4, 0.5) is 0 Å². The average Bonchev–Trinajstić information content (AvgIpc) is 2.52. The lowest BCUT2D eigenvalue weighted by atomic mass is 10.5. The van der Waals surface area contributed by atoms with Crippen molar-refractivity contribution in [3.05, 3.63) is 0 Å². The fraction of sp³-hybridized carbons (Fsp3) is 1.00. The maximum absolute atomic E-state index is 8.72. The molecule has 0 radical (unpaired) electrons. The average molecular weight is 174 g/mol. The third kappa shape index (κ3) is 2.42. The zero-order chi connectivity index (χ0) is 8.97. The number of methoxy groups -OCH3 is 1. The van der Waals surface area contributed by atoms with Crippen molar-refractivity contribution in [1.82, 2.24) is 9.80 Å². The Morgan fingerprint density at radius 3 is 2.83 bits per heavy atom. The van der Waals surface area contributed by atoms with Gasteiger partial charge in [-0.05, 0) is 6.92 Å². The quantitative estimate of drug-likeness (QED) is 0.626. The molecule has 72 valence electrons. The van der Waals surface area contributed by atoms with Crippen LogP contribution in [0.25, 0.3) is 0 Å². The van der Waals surface area contributed by atoms with Crippen LogP contribution in [-0.2, 0) is 4.74 Å². The molecular formula is C8H18N2O2. The number of ether oxygens (including phenoxy) is 1. The van der Waals surface area contributed by atoms with Crippen molar-refractivity contribution in [3.63, 3.8) is 0 Å². The maximum Gasteiger partial charge on any atom is 0.108 e. The van der Waals surface area contributed by atoms with Gasteiger partial charge in [0.1, 0.15) is 6.23 Å². The van der Waals surface area contributed by atoms with E-state index in [1.165, 1.54) is 0 Å². The summed E-state index contributed by atoms with van der Waals surface area (Å²) in [5.74, 6) is 0. The Morgan fingerprint density at radius 1 is 1.50 bits per heavy atom. The highest BCUT2D eigenvalue weighted by Crippen LogP contribution is 2.08. The van der Waals surface area contributed by atoms with E-state index in [1.807, 2.05) is 6.92 Å². The first-order valence-electron chi connectivity index (χ1n) is 4.38. The Kier molecular flexibility index (Phi) is 3.94. The van der Waals surface area contributed by atoms with Gasteiger partial charge in [0.15, 0.2) is 0 Å². The summed E-state index contributed by atoms with van der Waals surface area (Å²) < 4.78 is 5.20. The van der Waals surface area contributed by atoms with Gasteiger partial charge in [0.05, 0.1) is 13.3 Å². The SMILES string of the molecule is COC(C)N1CCN(CCO)C1. The van der Waals surface area contributed by atoms with Gasteiger partial charge in [-0.1, -0.05) is 0 Å². The molecule has 0 spiro atoms. The largest absolute Gasteiger partial charge is 0.395 e. The molecule has 0 bridgehead atoms. The lowest BCUT2D eigenvalue weighted by molar-refractivity contribution is -0.0142. The van der Waals surface area contributed by atoms with Crippen LogP contribution in [0.15, 0.2) is 0 Å². The molecule has 0 amide bonds. The van der Waals surface area contributed by atoms with Crippen molar-refractivity contribution >= 4 is 0 Å². The van der Waals surface area contributed by atoms with Gasteiger partial charge < -0.3 is 9.84 Å². The van der Waals surface area contributed by atoms with Crippen LogP contribution in [0, 0.1) is 0 Å². The van der Waals surface area contributed by atoms with Crippen LogP contribution in [0.5, 0.6) is 0 Å². The Balaban J connectivity index is 2.25. The van der Waals surface area contributed by atoms with Gasteiger partial charge in [-0.2, -0.15) is 0 Å². The second-order valence-corrected chi connectivity index (χ2v) is 3.13. The van der Waals surface area contributed by atoms with E-state index >= 15 is 0 Å². The highest BCUT2D eigenvalue weighted by molar-refractivity contribution is 4.71. The van der Waals surface area contributed by atoms with Gasteiger partial charge in [-0.3, -0.25) is 9.80 Å². The molecule has 1 atom stereocenters. The van der Waals surface area contributed by atoms with Crippen LogP contribution < -0.4 is 0 Å². The molecule has 1 N–H and O–H groups in total. The molecule has 4 heteroatoms. The summed E-state index contributed by atoms with van der Waals surface area (Å²) in [4.78, 5) is 4.46. The Morgan fingerprint density at radius 2 is 2.25 bits per heavy atom. The van der Waals surface area contributed by atoms with Crippen molar-refractivity contribution in [2.24, 2.45) is 0 Å². The fourth-order valence-corrected chi connectivity index (χ4v) is 1.44. The minimum atomic E-state index is 0.189. The second kappa shape index (κ2) is 4.77. The number of aliphatic hydroxyl groups excluding tert-OH is 1. The van der Waals surface area contributed by atoms with Gasteiger partial charge in [0, 0.05) is 26.7 Å². The van der Waals surface area contributed by atoms with E-state index in [4.69, 9.17) is 9.84 Å². The van der Waals surface area contributed by atoms with Crippen LogP contribution >= 0.6 is 0 Å². The van der Waals surface area contributed by atoms with Crippen LogP contribution in [-0.4, -0.2) is 61.2 Å². The number of nitrogens with zero attached hydrogens (tertiary/aromatic N) is 2. The van der Waals surface area contributed by atoms with E-state index in [0.29, 0.717) is 0 Å². The van der Waals surface area contributed by atoms with E-state index in [2.05, 4.69) is 9.80 Å².